The number of esters is 1. The Hall–Kier alpha value is -1.85. The van der Waals surface area contributed by atoms with Crippen LogP contribution < -0.4 is 0 Å². The SMILES string of the molecule is C=C(C)C(=O)OCC12C=CC(O1)C1C(=O)N(CC[Si](OC)(OC)OC)C(=O)C12. The molecular weight excluding hydrogens is 386 g/mol. The van der Waals surface area contributed by atoms with Crippen LogP contribution in [0.2, 0.25) is 6.04 Å². The van der Waals surface area contributed by atoms with Gasteiger partial charge in [0, 0.05) is 39.5 Å². The smallest absolute Gasteiger partial charge is 0.459 e. The number of imide groups is 1. The van der Waals surface area contributed by atoms with E-state index in [2.05, 4.69) is 6.58 Å². The summed E-state index contributed by atoms with van der Waals surface area (Å²) >= 11 is 0. The minimum atomic E-state index is -2.93. The minimum Gasteiger partial charge on any atom is -0.459 e. The molecule has 2 amide bonds. The second-order valence-electron chi connectivity index (χ2n) is 7.13. The van der Waals surface area contributed by atoms with Crippen molar-refractivity contribution in [2.24, 2.45) is 11.8 Å². The highest BCUT2D eigenvalue weighted by Gasteiger charge is 2.68. The third-order valence-electron chi connectivity index (χ3n) is 5.60. The van der Waals surface area contributed by atoms with Crippen molar-refractivity contribution in [3.63, 3.8) is 0 Å². The van der Waals surface area contributed by atoms with Crippen LogP contribution in [0.3, 0.4) is 0 Å². The summed E-state index contributed by atoms with van der Waals surface area (Å²) < 4.78 is 27.2. The van der Waals surface area contributed by atoms with Gasteiger partial charge in [-0.2, -0.15) is 0 Å². The van der Waals surface area contributed by atoms with Crippen LogP contribution in [0.15, 0.2) is 24.3 Å². The Kier molecular flexibility index (Phi) is 5.61. The molecule has 0 aliphatic carbocycles. The van der Waals surface area contributed by atoms with E-state index in [4.69, 9.17) is 22.8 Å². The Morgan fingerprint density at radius 3 is 2.46 bits per heavy atom. The summed E-state index contributed by atoms with van der Waals surface area (Å²) in [4.78, 5) is 39.0. The topological polar surface area (TPSA) is 101 Å². The van der Waals surface area contributed by atoms with E-state index in [0.29, 0.717) is 0 Å². The molecule has 4 unspecified atom stereocenters. The van der Waals surface area contributed by atoms with E-state index in [9.17, 15) is 14.4 Å². The molecule has 9 nitrogen and oxygen atoms in total. The number of likely N-dealkylation sites (tertiary alicyclic amines) is 1. The monoisotopic (exact) mass is 411 g/mol. The minimum absolute atomic E-state index is 0.126. The number of fused-ring (bicyclic) bond motifs is 5. The average molecular weight is 411 g/mol. The maximum absolute atomic E-state index is 13.1. The summed E-state index contributed by atoms with van der Waals surface area (Å²) in [6, 6.07) is 0.282. The molecule has 4 atom stereocenters. The number of carbonyl (C=O) groups is 3. The van der Waals surface area contributed by atoms with Gasteiger partial charge in [0.1, 0.15) is 12.2 Å². The summed E-state index contributed by atoms with van der Waals surface area (Å²) in [5, 5.41) is 0. The molecule has 3 aliphatic rings. The van der Waals surface area contributed by atoms with E-state index in [-0.39, 0.29) is 36.6 Å². The lowest BCUT2D eigenvalue weighted by Crippen LogP contribution is -2.48. The highest BCUT2D eigenvalue weighted by atomic mass is 28.4. The van der Waals surface area contributed by atoms with E-state index in [1.807, 2.05) is 0 Å². The largest absolute Gasteiger partial charge is 0.501 e. The second kappa shape index (κ2) is 7.52. The molecule has 10 heteroatoms. The van der Waals surface area contributed by atoms with Crippen LogP contribution in [-0.2, 0) is 37.1 Å². The zero-order chi connectivity index (χ0) is 20.7. The first kappa shape index (κ1) is 20.9. The van der Waals surface area contributed by atoms with Crippen LogP contribution in [0, 0.1) is 11.8 Å². The Bertz CT molecular complexity index is 725. The molecular formula is C18H25NO8Si. The van der Waals surface area contributed by atoms with Gasteiger partial charge in [0.15, 0.2) is 0 Å². The Labute approximate surface area is 164 Å². The summed E-state index contributed by atoms with van der Waals surface area (Å²) in [5.41, 5.74) is -0.875. The van der Waals surface area contributed by atoms with Gasteiger partial charge in [-0.3, -0.25) is 14.5 Å². The molecule has 2 saturated heterocycles. The molecule has 0 radical (unpaired) electrons. The van der Waals surface area contributed by atoms with Gasteiger partial charge in [-0.15, -0.1) is 0 Å². The number of rotatable bonds is 9. The Balaban J connectivity index is 1.76. The number of amides is 2. The number of ether oxygens (including phenoxy) is 2. The first-order chi connectivity index (χ1) is 13.2. The van der Waals surface area contributed by atoms with E-state index in [1.165, 1.54) is 33.2 Å². The predicted octanol–water partition coefficient (Wildman–Crippen LogP) is 0.292. The van der Waals surface area contributed by atoms with Crippen molar-refractivity contribution < 1.29 is 37.1 Å². The van der Waals surface area contributed by atoms with Gasteiger partial charge in [-0.1, -0.05) is 12.7 Å². The van der Waals surface area contributed by atoms with Crippen LogP contribution in [0.4, 0.5) is 0 Å². The van der Waals surface area contributed by atoms with Gasteiger partial charge in [0.2, 0.25) is 11.8 Å². The fourth-order valence-electron chi connectivity index (χ4n) is 4.05. The van der Waals surface area contributed by atoms with E-state index in [1.54, 1.807) is 12.2 Å². The summed E-state index contributed by atoms with van der Waals surface area (Å²) in [6.07, 6.45) is 2.96. The molecule has 0 aromatic rings. The van der Waals surface area contributed by atoms with Crippen LogP contribution in [-0.4, -0.2) is 77.7 Å². The first-order valence-corrected chi connectivity index (χ1v) is 10.9. The van der Waals surface area contributed by atoms with E-state index >= 15 is 0 Å². The standard InChI is InChI=1S/C18H25NO8Si/c1-11(2)17(22)26-10-18-7-6-12(27-18)13-14(18)16(21)19(15(13)20)8-9-28(23-3,24-4)25-5/h6-7,12-14H,1,8-10H2,2-5H3. The Morgan fingerprint density at radius 1 is 1.25 bits per heavy atom. The number of hydrogen-bond donors (Lipinski definition) is 0. The predicted molar refractivity (Wildman–Crippen MR) is 97.8 cm³/mol. The zero-order valence-corrected chi connectivity index (χ0v) is 17.4. The molecule has 3 rings (SSSR count). The third-order valence-corrected chi connectivity index (χ3v) is 8.30. The van der Waals surface area contributed by atoms with Gasteiger partial charge < -0.3 is 22.8 Å². The zero-order valence-electron chi connectivity index (χ0n) is 16.4. The van der Waals surface area contributed by atoms with Gasteiger partial charge in [0.05, 0.1) is 17.9 Å². The van der Waals surface area contributed by atoms with Crippen molar-refractivity contribution >= 4 is 26.6 Å². The van der Waals surface area contributed by atoms with Crippen molar-refractivity contribution in [3.8, 4) is 0 Å². The maximum atomic E-state index is 13.1. The highest BCUT2D eigenvalue weighted by Crippen LogP contribution is 2.52. The fourth-order valence-corrected chi connectivity index (χ4v) is 5.66. The summed E-state index contributed by atoms with van der Waals surface area (Å²) in [5.74, 6) is -2.56. The van der Waals surface area contributed by atoms with Crippen LogP contribution in [0.1, 0.15) is 6.92 Å². The number of carbonyl (C=O) groups excluding carboxylic acids is 3. The van der Waals surface area contributed by atoms with Crippen molar-refractivity contribution in [1.82, 2.24) is 4.90 Å². The first-order valence-electron chi connectivity index (χ1n) is 8.94. The molecule has 0 aromatic heterocycles. The maximum Gasteiger partial charge on any atom is 0.501 e. The molecule has 0 spiro atoms. The Morgan fingerprint density at radius 2 is 1.89 bits per heavy atom. The lowest BCUT2D eigenvalue weighted by atomic mass is 9.77. The molecule has 0 saturated carbocycles. The molecule has 28 heavy (non-hydrogen) atoms. The quantitative estimate of drug-likeness (QED) is 0.175. The van der Waals surface area contributed by atoms with Gasteiger partial charge in [0.25, 0.3) is 0 Å². The lowest BCUT2D eigenvalue weighted by Gasteiger charge is -2.29. The van der Waals surface area contributed by atoms with Crippen molar-refractivity contribution in [2.45, 2.75) is 24.7 Å². The van der Waals surface area contributed by atoms with Gasteiger partial charge >= 0.3 is 14.8 Å². The number of hydrogen-bond acceptors (Lipinski definition) is 8. The average Bonchev–Trinajstić information content (AvgIpc) is 3.33. The molecule has 3 aliphatic heterocycles. The van der Waals surface area contributed by atoms with Crippen LogP contribution in [0.5, 0.6) is 0 Å². The van der Waals surface area contributed by atoms with Crippen molar-refractivity contribution in [1.29, 1.82) is 0 Å². The molecule has 154 valence electrons. The summed E-state index contributed by atoms with van der Waals surface area (Å²) in [7, 11) is 1.50. The van der Waals surface area contributed by atoms with Crippen LogP contribution >= 0.6 is 0 Å². The van der Waals surface area contributed by atoms with Crippen molar-refractivity contribution in [3.05, 3.63) is 24.3 Å². The van der Waals surface area contributed by atoms with Gasteiger partial charge in [-0.05, 0) is 13.0 Å². The lowest BCUT2D eigenvalue weighted by molar-refractivity contribution is -0.153. The summed E-state index contributed by atoms with van der Waals surface area (Å²) in [6.45, 7) is 5.06. The number of nitrogens with zero attached hydrogens (tertiary/aromatic N) is 1. The third kappa shape index (κ3) is 3.14. The highest BCUT2D eigenvalue weighted by molar-refractivity contribution is 6.60. The molecule has 0 aromatic carbocycles. The molecule has 2 fully saturated rings. The second-order valence-corrected chi connectivity index (χ2v) is 10.2. The van der Waals surface area contributed by atoms with E-state index in [0.717, 1.165) is 0 Å². The normalized spacial score (nSPS) is 30.9. The molecule has 3 heterocycles. The van der Waals surface area contributed by atoms with E-state index < -0.39 is 38.3 Å². The van der Waals surface area contributed by atoms with Gasteiger partial charge in [-0.25, -0.2) is 4.79 Å². The van der Waals surface area contributed by atoms with Crippen molar-refractivity contribution in [2.75, 3.05) is 34.5 Å². The molecule has 2 bridgehead atoms. The fraction of sp³-hybridized carbons (Fsp3) is 0.611. The molecule has 0 N–H and O–H groups in total. The van der Waals surface area contributed by atoms with Crippen LogP contribution in [0.25, 0.3) is 0 Å².